The third-order valence-corrected chi connectivity index (χ3v) is 2.88. The summed E-state index contributed by atoms with van der Waals surface area (Å²) in [4.78, 5) is -0.579. The molecule has 0 amide bonds. The molecule has 0 aliphatic rings. The Kier molecular flexibility index (Phi) is 3.66. The van der Waals surface area contributed by atoms with Crippen molar-refractivity contribution in [1.29, 1.82) is 0 Å². The molecule has 8 heteroatoms. The average molecular weight is 277 g/mol. The van der Waals surface area contributed by atoms with Gasteiger partial charge in [-0.05, 0) is 12.1 Å². The zero-order valence-electron chi connectivity index (χ0n) is 7.86. The fourth-order valence-corrected chi connectivity index (χ4v) is 1.68. The van der Waals surface area contributed by atoms with Gasteiger partial charge in [0, 0.05) is 4.90 Å². The van der Waals surface area contributed by atoms with Crippen molar-refractivity contribution in [2.24, 2.45) is 0 Å². The second-order valence-corrected chi connectivity index (χ2v) is 4.13. The molecule has 17 heavy (non-hydrogen) atoms. The van der Waals surface area contributed by atoms with Crippen LogP contribution in [0.5, 0.6) is 0 Å². The quantitative estimate of drug-likeness (QED) is 0.571. The van der Waals surface area contributed by atoms with E-state index >= 15 is 0 Å². The van der Waals surface area contributed by atoms with Gasteiger partial charge in [0.05, 0.1) is 0 Å². The highest BCUT2D eigenvalue weighted by atomic mass is 32.2. The first-order chi connectivity index (χ1) is 7.58. The molecule has 0 saturated carbocycles. The molecule has 0 heterocycles. The predicted molar refractivity (Wildman–Crippen MR) is 47.1 cm³/mol. The van der Waals surface area contributed by atoms with Crippen molar-refractivity contribution in [3.8, 4) is 0 Å². The molecule has 0 bridgehead atoms. The van der Waals surface area contributed by atoms with Crippen LogP contribution in [0.1, 0.15) is 0 Å². The minimum atomic E-state index is -6.06. The number of hydrogen-bond donors (Lipinski definition) is 0. The van der Waals surface area contributed by atoms with Gasteiger partial charge in [-0.1, -0.05) is 30.0 Å². The van der Waals surface area contributed by atoms with Crippen LogP contribution in [-0.4, -0.2) is 17.4 Å². The summed E-state index contributed by atoms with van der Waals surface area (Å²) in [5.74, 6) is 0. The molecule has 1 aromatic rings. The molecule has 95 valence electrons. The minimum Gasteiger partial charge on any atom is -0.211 e. The Labute approximate surface area is 95.8 Å². The first-order valence-electron chi connectivity index (χ1n) is 4.06. The van der Waals surface area contributed by atoms with E-state index in [0.29, 0.717) is 0 Å². The Morgan fingerprint density at radius 1 is 0.882 bits per heavy atom. The summed E-state index contributed by atoms with van der Waals surface area (Å²) >= 11 is -0.967. The first-order valence-corrected chi connectivity index (χ1v) is 4.87. The van der Waals surface area contributed by atoms with E-state index in [9.17, 15) is 30.7 Å². The molecule has 0 unspecified atom stereocenters. The van der Waals surface area contributed by atoms with Crippen molar-refractivity contribution in [2.75, 3.05) is 0 Å². The summed E-state index contributed by atoms with van der Waals surface area (Å²) < 4.78 is 86.1. The smallest absolute Gasteiger partial charge is 0.211 e. The lowest BCUT2D eigenvalue weighted by Crippen LogP contribution is -2.50. The van der Waals surface area contributed by atoms with Crippen LogP contribution in [0.4, 0.5) is 30.7 Å². The molecule has 0 aromatic heterocycles. The Hall–Kier alpha value is -0.920. The van der Waals surface area contributed by atoms with E-state index in [1.54, 1.807) is 0 Å². The maximum absolute atomic E-state index is 13.2. The topological polar surface area (TPSA) is 0 Å². The van der Waals surface area contributed by atoms with E-state index < -0.39 is 34.0 Å². The van der Waals surface area contributed by atoms with Crippen LogP contribution in [-0.2, 0) is 0 Å². The average Bonchev–Trinajstić information content (AvgIpc) is 2.15. The van der Waals surface area contributed by atoms with Gasteiger partial charge in [-0.25, -0.2) is 4.39 Å². The summed E-state index contributed by atoms with van der Waals surface area (Å²) in [6, 6.07) is 6.62. The fourth-order valence-electron chi connectivity index (χ4n) is 0.868. The molecule has 0 aliphatic carbocycles. The van der Waals surface area contributed by atoms with Gasteiger partial charge in [-0.15, -0.1) is 0 Å². The number of rotatable bonds is 2. The highest BCUT2D eigenvalue weighted by molar-refractivity contribution is 8.00. The minimum absolute atomic E-state index is 0.579. The third-order valence-electron chi connectivity index (χ3n) is 1.66. The van der Waals surface area contributed by atoms with E-state index in [0.717, 1.165) is 12.1 Å². The molecular formula is C9H4F7S. The van der Waals surface area contributed by atoms with Crippen molar-refractivity contribution in [1.82, 2.24) is 0 Å². The van der Waals surface area contributed by atoms with Crippen LogP contribution >= 0.6 is 11.8 Å². The Morgan fingerprint density at radius 2 is 1.41 bits per heavy atom. The normalized spacial score (nSPS) is 13.8. The Bertz CT molecular complexity index is 353. The molecule has 0 N–H and O–H groups in total. The molecular weight excluding hydrogens is 273 g/mol. The fraction of sp³-hybridized carbons (Fsp3) is 0.333. The number of thioether (sulfide) groups is 1. The van der Waals surface area contributed by atoms with Gasteiger partial charge < -0.3 is 0 Å². The third kappa shape index (κ3) is 2.85. The number of benzene rings is 1. The Balaban J connectivity index is 3.11. The van der Waals surface area contributed by atoms with Gasteiger partial charge in [-0.2, -0.15) is 26.3 Å². The van der Waals surface area contributed by atoms with Crippen LogP contribution in [0.15, 0.2) is 29.2 Å². The van der Waals surface area contributed by atoms with Gasteiger partial charge in [-0.3, -0.25) is 0 Å². The zero-order chi connectivity index (χ0) is 13.3. The molecule has 0 atom stereocenters. The van der Waals surface area contributed by atoms with Crippen molar-refractivity contribution in [2.45, 2.75) is 22.2 Å². The van der Waals surface area contributed by atoms with Gasteiger partial charge in [0.2, 0.25) is 0 Å². The van der Waals surface area contributed by atoms with E-state index in [-0.39, 0.29) is 0 Å². The van der Waals surface area contributed by atoms with Crippen LogP contribution in [0.3, 0.4) is 0 Å². The molecule has 1 radical (unpaired) electrons. The summed E-state index contributed by atoms with van der Waals surface area (Å²) in [7, 11) is 0. The number of halogens is 7. The van der Waals surface area contributed by atoms with Crippen LogP contribution in [0.2, 0.25) is 0 Å². The Morgan fingerprint density at radius 3 is 1.76 bits per heavy atom. The van der Waals surface area contributed by atoms with E-state index in [1.807, 2.05) is 0 Å². The molecule has 1 aromatic carbocycles. The SMILES string of the molecule is FC(F)(F)C(F)(Sc1[c]cccc1)C(F)(F)F. The van der Waals surface area contributed by atoms with E-state index in [2.05, 4.69) is 6.07 Å². The maximum atomic E-state index is 13.2. The lowest BCUT2D eigenvalue weighted by molar-refractivity contribution is -0.302. The largest absolute Gasteiger partial charge is 0.441 e. The maximum Gasteiger partial charge on any atom is 0.441 e. The van der Waals surface area contributed by atoms with Gasteiger partial charge in [0.1, 0.15) is 0 Å². The van der Waals surface area contributed by atoms with Crippen LogP contribution < -0.4 is 0 Å². The molecule has 0 nitrogen and oxygen atoms in total. The molecule has 0 spiro atoms. The van der Waals surface area contributed by atoms with Crippen LogP contribution in [0, 0.1) is 6.07 Å². The van der Waals surface area contributed by atoms with Crippen LogP contribution in [0.25, 0.3) is 0 Å². The summed E-state index contributed by atoms with van der Waals surface area (Å²) in [5, 5.41) is -5.34. The second kappa shape index (κ2) is 4.40. The molecule has 1 rings (SSSR count). The highest BCUT2D eigenvalue weighted by Gasteiger charge is 2.73. The highest BCUT2D eigenvalue weighted by Crippen LogP contribution is 2.55. The van der Waals surface area contributed by atoms with Crippen molar-refractivity contribution < 1.29 is 30.7 Å². The van der Waals surface area contributed by atoms with E-state index in [4.69, 9.17) is 0 Å². The zero-order valence-corrected chi connectivity index (χ0v) is 8.68. The number of hydrogen-bond acceptors (Lipinski definition) is 1. The lowest BCUT2D eigenvalue weighted by atomic mass is 10.3. The molecule has 0 saturated heterocycles. The molecule has 0 fully saturated rings. The summed E-state index contributed by atoms with van der Waals surface area (Å²) in [6.07, 6.45) is -12.1. The van der Waals surface area contributed by atoms with Crippen molar-refractivity contribution >= 4 is 11.8 Å². The van der Waals surface area contributed by atoms with E-state index in [1.165, 1.54) is 12.1 Å². The standard InChI is InChI=1S/C9H4F7S/c10-7(8(11,12)13,9(14,15)16)17-6-4-2-1-3-5-6/h1-4H. The summed E-state index contributed by atoms with van der Waals surface area (Å²) in [6.45, 7) is 0. The van der Waals surface area contributed by atoms with Gasteiger partial charge in [0.25, 0.3) is 0 Å². The monoisotopic (exact) mass is 277 g/mol. The summed E-state index contributed by atoms with van der Waals surface area (Å²) in [5.41, 5.74) is 0. The lowest BCUT2D eigenvalue weighted by Gasteiger charge is -2.28. The van der Waals surface area contributed by atoms with Gasteiger partial charge >= 0.3 is 17.4 Å². The van der Waals surface area contributed by atoms with Crippen molar-refractivity contribution in [3.63, 3.8) is 0 Å². The van der Waals surface area contributed by atoms with Crippen molar-refractivity contribution in [3.05, 3.63) is 30.3 Å². The number of alkyl halides is 7. The predicted octanol–water partition coefficient (Wildman–Crippen LogP) is 4.37. The second-order valence-electron chi connectivity index (χ2n) is 2.92. The molecule has 0 aliphatic heterocycles. The van der Waals surface area contributed by atoms with Gasteiger partial charge in [0.15, 0.2) is 0 Å². The first kappa shape index (κ1) is 14.1.